The summed E-state index contributed by atoms with van der Waals surface area (Å²) in [6.07, 6.45) is 1.14. The molecule has 2 aromatic rings. The van der Waals surface area contributed by atoms with Crippen molar-refractivity contribution in [3.8, 4) is 5.75 Å². The van der Waals surface area contributed by atoms with Crippen LogP contribution in [-0.4, -0.2) is 26.3 Å². The first-order valence-corrected chi connectivity index (χ1v) is 7.38. The molecule has 0 spiro atoms. The molecule has 110 valence electrons. The molecule has 3 rings (SSSR count). The number of ether oxygens (including phenoxy) is 2. The average Bonchev–Trinajstić information content (AvgIpc) is 2.57. The largest absolute Gasteiger partial charge is 0.497 e. The minimum absolute atomic E-state index is 0.128. The molecule has 1 heterocycles. The lowest BCUT2D eigenvalue weighted by Crippen LogP contribution is -2.44. The molecule has 2 atom stereocenters. The molecule has 1 aliphatic rings. The van der Waals surface area contributed by atoms with Gasteiger partial charge in [0, 0.05) is 12.6 Å². The van der Waals surface area contributed by atoms with Gasteiger partial charge in [0.15, 0.2) is 0 Å². The van der Waals surface area contributed by atoms with E-state index in [2.05, 4.69) is 41.7 Å². The molecule has 0 amide bonds. The van der Waals surface area contributed by atoms with Gasteiger partial charge < -0.3 is 14.8 Å². The molecule has 3 heteroatoms. The summed E-state index contributed by atoms with van der Waals surface area (Å²) in [4.78, 5) is 0. The summed E-state index contributed by atoms with van der Waals surface area (Å²) in [6, 6.07) is 19.0. The number of rotatable bonds is 4. The zero-order valence-corrected chi connectivity index (χ0v) is 12.3. The van der Waals surface area contributed by atoms with Crippen molar-refractivity contribution in [2.75, 3.05) is 20.3 Å². The Labute approximate surface area is 125 Å². The molecular weight excluding hydrogens is 262 g/mol. The van der Waals surface area contributed by atoms with Crippen LogP contribution in [0.25, 0.3) is 0 Å². The first kappa shape index (κ1) is 14.1. The van der Waals surface area contributed by atoms with Crippen LogP contribution >= 0.6 is 0 Å². The summed E-state index contributed by atoms with van der Waals surface area (Å²) in [5.74, 6) is 0.879. The number of methoxy groups -OCH3 is 1. The van der Waals surface area contributed by atoms with Gasteiger partial charge in [-0.2, -0.15) is 0 Å². The Morgan fingerprint density at radius 3 is 2.48 bits per heavy atom. The van der Waals surface area contributed by atoms with Crippen LogP contribution in [0.1, 0.15) is 17.2 Å². The molecule has 2 aromatic carbocycles. The molecule has 1 fully saturated rings. The van der Waals surface area contributed by atoms with Crippen LogP contribution in [0.5, 0.6) is 5.75 Å². The summed E-state index contributed by atoms with van der Waals surface area (Å²) in [5.41, 5.74) is 2.54. The van der Waals surface area contributed by atoms with Crippen molar-refractivity contribution < 1.29 is 9.47 Å². The van der Waals surface area contributed by atoms with Crippen LogP contribution in [0.3, 0.4) is 0 Å². The topological polar surface area (TPSA) is 30.5 Å². The highest BCUT2D eigenvalue weighted by molar-refractivity contribution is 5.29. The first-order chi connectivity index (χ1) is 10.3. The minimum atomic E-state index is 0.128. The Hall–Kier alpha value is -1.84. The highest BCUT2D eigenvalue weighted by atomic mass is 16.5. The lowest BCUT2D eigenvalue weighted by Gasteiger charge is -2.30. The second-order valence-electron chi connectivity index (χ2n) is 5.39. The van der Waals surface area contributed by atoms with Gasteiger partial charge in [-0.25, -0.2) is 0 Å². The summed E-state index contributed by atoms with van der Waals surface area (Å²) in [7, 11) is 1.68. The van der Waals surface area contributed by atoms with Crippen molar-refractivity contribution in [3.63, 3.8) is 0 Å². The number of nitrogens with one attached hydrogen (secondary N) is 1. The van der Waals surface area contributed by atoms with Gasteiger partial charge in [-0.1, -0.05) is 42.5 Å². The van der Waals surface area contributed by atoms with E-state index >= 15 is 0 Å². The fourth-order valence-electron chi connectivity index (χ4n) is 2.69. The third-order valence-corrected chi connectivity index (χ3v) is 3.90. The fourth-order valence-corrected chi connectivity index (χ4v) is 2.69. The molecule has 1 N–H and O–H groups in total. The highest BCUT2D eigenvalue weighted by Crippen LogP contribution is 2.23. The SMILES string of the molecule is COc1ccc(C2CNC(Cc3ccccc3)CO2)cc1. The second kappa shape index (κ2) is 6.74. The average molecular weight is 283 g/mol. The minimum Gasteiger partial charge on any atom is -0.497 e. The van der Waals surface area contributed by atoms with E-state index in [1.807, 2.05) is 18.2 Å². The van der Waals surface area contributed by atoms with Gasteiger partial charge in [-0.15, -0.1) is 0 Å². The number of benzene rings is 2. The normalized spacial score (nSPS) is 22.0. The predicted molar refractivity (Wildman–Crippen MR) is 83.6 cm³/mol. The third-order valence-electron chi connectivity index (χ3n) is 3.90. The van der Waals surface area contributed by atoms with Gasteiger partial charge in [0.1, 0.15) is 5.75 Å². The molecule has 0 aliphatic carbocycles. The molecule has 0 aromatic heterocycles. The number of hydrogen-bond donors (Lipinski definition) is 1. The van der Waals surface area contributed by atoms with E-state index in [1.165, 1.54) is 11.1 Å². The smallest absolute Gasteiger partial charge is 0.118 e. The monoisotopic (exact) mass is 283 g/mol. The van der Waals surface area contributed by atoms with E-state index in [0.29, 0.717) is 6.04 Å². The summed E-state index contributed by atoms with van der Waals surface area (Å²) in [6.45, 7) is 1.59. The van der Waals surface area contributed by atoms with Gasteiger partial charge in [-0.05, 0) is 29.7 Å². The van der Waals surface area contributed by atoms with Gasteiger partial charge in [0.25, 0.3) is 0 Å². The lowest BCUT2D eigenvalue weighted by atomic mass is 10.0. The van der Waals surface area contributed by atoms with Crippen molar-refractivity contribution in [2.45, 2.75) is 18.6 Å². The second-order valence-corrected chi connectivity index (χ2v) is 5.39. The first-order valence-electron chi connectivity index (χ1n) is 7.38. The molecule has 1 saturated heterocycles. The quantitative estimate of drug-likeness (QED) is 0.936. The molecular formula is C18H21NO2. The Bertz CT molecular complexity index is 545. The van der Waals surface area contributed by atoms with E-state index in [9.17, 15) is 0 Å². The van der Waals surface area contributed by atoms with Crippen LogP contribution in [0.4, 0.5) is 0 Å². The number of morpholine rings is 1. The Balaban J connectivity index is 1.54. The molecule has 0 radical (unpaired) electrons. The standard InChI is InChI=1S/C18H21NO2/c1-20-17-9-7-15(8-10-17)18-12-19-16(13-21-18)11-14-5-3-2-4-6-14/h2-10,16,18-19H,11-13H2,1H3. The van der Waals surface area contributed by atoms with Crippen molar-refractivity contribution in [3.05, 3.63) is 65.7 Å². The summed E-state index contributed by atoms with van der Waals surface area (Å²) in [5, 5.41) is 3.59. The third kappa shape index (κ3) is 3.63. The van der Waals surface area contributed by atoms with Crippen molar-refractivity contribution >= 4 is 0 Å². The molecule has 0 saturated carbocycles. The van der Waals surface area contributed by atoms with Crippen molar-refractivity contribution in [2.24, 2.45) is 0 Å². The summed E-state index contributed by atoms with van der Waals surface area (Å²) < 4.78 is 11.2. The highest BCUT2D eigenvalue weighted by Gasteiger charge is 2.22. The zero-order valence-electron chi connectivity index (χ0n) is 12.3. The van der Waals surface area contributed by atoms with E-state index in [0.717, 1.165) is 25.3 Å². The van der Waals surface area contributed by atoms with E-state index in [1.54, 1.807) is 7.11 Å². The van der Waals surface area contributed by atoms with Gasteiger partial charge in [-0.3, -0.25) is 0 Å². The Morgan fingerprint density at radius 2 is 1.86 bits per heavy atom. The molecule has 1 aliphatic heterocycles. The van der Waals surface area contributed by atoms with Crippen molar-refractivity contribution in [1.29, 1.82) is 0 Å². The molecule has 3 nitrogen and oxygen atoms in total. The van der Waals surface area contributed by atoms with Crippen LogP contribution in [0, 0.1) is 0 Å². The summed E-state index contributed by atoms with van der Waals surface area (Å²) >= 11 is 0. The maximum atomic E-state index is 6.02. The Morgan fingerprint density at radius 1 is 1.10 bits per heavy atom. The maximum Gasteiger partial charge on any atom is 0.118 e. The fraction of sp³-hybridized carbons (Fsp3) is 0.333. The molecule has 2 unspecified atom stereocenters. The van der Waals surface area contributed by atoms with E-state index in [-0.39, 0.29) is 6.10 Å². The van der Waals surface area contributed by atoms with Gasteiger partial charge in [0.2, 0.25) is 0 Å². The van der Waals surface area contributed by atoms with E-state index in [4.69, 9.17) is 9.47 Å². The van der Waals surface area contributed by atoms with Crippen LogP contribution in [-0.2, 0) is 11.2 Å². The maximum absolute atomic E-state index is 6.02. The van der Waals surface area contributed by atoms with Crippen molar-refractivity contribution in [1.82, 2.24) is 5.32 Å². The molecule has 21 heavy (non-hydrogen) atoms. The predicted octanol–water partition coefficient (Wildman–Crippen LogP) is 2.97. The zero-order chi connectivity index (χ0) is 14.5. The van der Waals surface area contributed by atoms with Crippen LogP contribution < -0.4 is 10.1 Å². The number of hydrogen-bond acceptors (Lipinski definition) is 3. The van der Waals surface area contributed by atoms with Gasteiger partial charge >= 0.3 is 0 Å². The molecule has 0 bridgehead atoms. The van der Waals surface area contributed by atoms with Crippen LogP contribution in [0.2, 0.25) is 0 Å². The lowest BCUT2D eigenvalue weighted by molar-refractivity contribution is 0.00305. The Kier molecular flexibility index (Phi) is 4.53. The van der Waals surface area contributed by atoms with Gasteiger partial charge in [0.05, 0.1) is 19.8 Å². The van der Waals surface area contributed by atoms with E-state index < -0.39 is 0 Å². The van der Waals surface area contributed by atoms with Crippen LogP contribution in [0.15, 0.2) is 54.6 Å².